The van der Waals surface area contributed by atoms with Crippen molar-refractivity contribution in [3.8, 4) is 0 Å². The first-order chi connectivity index (χ1) is 12.3. The molecule has 1 fully saturated rings. The van der Waals surface area contributed by atoms with E-state index in [2.05, 4.69) is 5.32 Å². The van der Waals surface area contributed by atoms with Crippen LogP contribution in [0.3, 0.4) is 0 Å². The molecule has 1 aromatic rings. The molecule has 0 radical (unpaired) electrons. The first-order valence-electron chi connectivity index (χ1n) is 9.48. The molecule has 1 aliphatic heterocycles. The maximum atomic E-state index is 12.4. The Kier molecular flexibility index (Phi) is 8.87. The average molecular weight is 346 g/mol. The summed E-state index contributed by atoms with van der Waals surface area (Å²) < 4.78 is 5.48. The molecule has 2 rings (SSSR count). The molecule has 138 valence electrons. The molecule has 1 N–H and O–H groups in total. The van der Waals surface area contributed by atoms with E-state index in [-0.39, 0.29) is 12.0 Å². The summed E-state index contributed by atoms with van der Waals surface area (Å²) in [5, 5.41) is 2.97. The van der Waals surface area contributed by atoms with Crippen LogP contribution in [0.25, 0.3) is 0 Å². The van der Waals surface area contributed by atoms with Crippen molar-refractivity contribution in [1.82, 2.24) is 10.2 Å². The quantitative estimate of drug-likeness (QED) is 0.884. The van der Waals surface area contributed by atoms with Crippen molar-refractivity contribution in [3.05, 3.63) is 35.9 Å². The summed E-state index contributed by atoms with van der Waals surface area (Å²) in [7, 11) is 0. The van der Waals surface area contributed by atoms with E-state index in [4.69, 9.17) is 4.74 Å². The van der Waals surface area contributed by atoms with Crippen LogP contribution < -0.4 is 5.32 Å². The number of carbonyl (C=O) groups excluding carboxylic acids is 2. The van der Waals surface area contributed by atoms with Crippen LogP contribution in [-0.4, -0.2) is 36.5 Å². The third kappa shape index (κ3) is 8.05. The van der Waals surface area contributed by atoms with E-state index in [0.717, 1.165) is 63.6 Å². The van der Waals surface area contributed by atoms with Crippen molar-refractivity contribution in [3.63, 3.8) is 0 Å². The lowest BCUT2D eigenvalue weighted by molar-refractivity contribution is -0.121. The first kappa shape index (κ1) is 19.3. The van der Waals surface area contributed by atoms with Gasteiger partial charge in [-0.1, -0.05) is 49.6 Å². The highest BCUT2D eigenvalue weighted by atomic mass is 16.6. The lowest BCUT2D eigenvalue weighted by Crippen LogP contribution is -2.33. The zero-order valence-electron chi connectivity index (χ0n) is 15.0. The zero-order valence-corrected chi connectivity index (χ0v) is 15.0. The van der Waals surface area contributed by atoms with Crippen LogP contribution in [0.5, 0.6) is 0 Å². The maximum absolute atomic E-state index is 12.4. The first-order valence-corrected chi connectivity index (χ1v) is 9.48. The number of nitrogens with one attached hydrogen (secondary N) is 1. The second-order valence-corrected chi connectivity index (χ2v) is 6.60. The summed E-state index contributed by atoms with van der Waals surface area (Å²) in [5.41, 5.74) is 1.00. The van der Waals surface area contributed by atoms with Gasteiger partial charge in [-0.3, -0.25) is 4.79 Å². The Morgan fingerprint density at radius 3 is 2.40 bits per heavy atom. The van der Waals surface area contributed by atoms with Gasteiger partial charge < -0.3 is 15.0 Å². The second-order valence-electron chi connectivity index (χ2n) is 6.60. The molecule has 0 atom stereocenters. The number of ether oxygens (including phenoxy) is 1. The minimum Gasteiger partial charge on any atom is -0.445 e. The Balaban J connectivity index is 1.80. The fraction of sp³-hybridized carbons (Fsp3) is 0.600. The van der Waals surface area contributed by atoms with Crippen LogP contribution in [0.1, 0.15) is 56.9 Å². The van der Waals surface area contributed by atoms with Gasteiger partial charge in [0.2, 0.25) is 5.91 Å². The lowest BCUT2D eigenvalue weighted by Gasteiger charge is -2.22. The monoisotopic (exact) mass is 346 g/mol. The van der Waals surface area contributed by atoms with Crippen LogP contribution in [0, 0.1) is 0 Å². The van der Waals surface area contributed by atoms with Crippen molar-refractivity contribution in [1.29, 1.82) is 0 Å². The van der Waals surface area contributed by atoms with Gasteiger partial charge in [-0.2, -0.15) is 0 Å². The third-order valence-corrected chi connectivity index (χ3v) is 4.47. The van der Waals surface area contributed by atoms with E-state index in [1.165, 1.54) is 0 Å². The van der Waals surface area contributed by atoms with Gasteiger partial charge in [0.25, 0.3) is 0 Å². The van der Waals surface area contributed by atoms with Gasteiger partial charge in [-0.15, -0.1) is 0 Å². The molecule has 0 bridgehead atoms. The Morgan fingerprint density at radius 2 is 1.64 bits per heavy atom. The van der Waals surface area contributed by atoms with Gasteiger partial charge in [0, 0.05) is 26.1 Å². The summed E-state index contributed by atoms with van der Waals surface area (Å²) >= 11 is 0. The summed E-state index contributed by atoms with van der Waals surface area (Å²) in [4.78, 5) is 25.9. The van der Waals surface area contributed by atoms with E-state index in [1.807, 2.05) is 35.2 Å². The van der Waals surface area contributed by atoms with Gasteiger partial charge in [-0.25, -0.2) is 4.79 Å². The predicted octanol–water partition coefficient (Wildman–Crippen LogP) is 3.88. The van der Waals surface area contributed by atoms with Crippen molar-refractivity contribution in [2.75, 3.05) is 19.6 Å². The molecule has 0 unspecified atom stereocenters. The van der Waals surface area contributed by atoms with Gasteiger partial charge in [0.1, 0.15) is 6.61 Å². The van der Waals surface area contributed by atoms with Gasteiger partial charge in [0.05, 0.1) is 0 Å². The van der Waals surface area contributed by atoms with Crippen molar-refractivity contribution >= 4 is 12.0 Å². The summed E-state index contributed by atoms with van der Waals surface area (Å²) in [6.45, 7) is 2.53. The van der Waals surface area contributed by atoms with Gasteiger partial charge in [0.15, 0.2) is 0 Å². The average Bonchev–Trinajstić information content (AvgIpc) is 2.63. The van der Waals surface area contributed by atoms with Crippen LogP contribution in [-0.2, 0) is 16.1 Å². The van der Waals surface area contributed by atoms with Crippen molar-refractivity contribution in [2.45, 2.75) is 58.0 Å². The van der Waals surface area contributed by atoms with Crippen LogP contribution in [0.15, 0.2) is 30.3 Å². The molecule has 1 aromatic carbocycles. The van der Waals surface area contributed by atoms with Crippen LogP contribution in [0.2, 0.25) is 0 Å². The van der Waals surface area contributed by atoms with E-state index >= 15 is 0 Å². The number of amides is 2. The molecule has 5 heteroatoms. The smallest absolute Gasteiger partial charge is 0.410 e. The fourth-order valence-electron chi connectivity index (χ4n) is 2.97. The molecule has 0 aliphatic carbocycles. The minimum absolute atomic E-state index is 0.149. The molecular formula is C20H30N2O3. The van der Waals surface area contributed by atoms with E-state index in [0.29, 0.717) is 19.6 Å². The number of nitrogens with zero attached hydrogens (tertiary/aromatic N) is 1. The lowest BCUT2D eigenvalue weighted by atomic mass is 10.1. The zero-order chi connectivity index (χ0) is 17.7. The second kappa shape index (κ2) is 11.5. The normalized spacial score (nSPS) is 18.1. The maximum Gasteiger partial charge on any atom is 0.410 e. The summed E-state index contributed by atoms with van der Waals surface area (Å²) in [5.74, 6) is 0.149. The van der Waals surface area contributed by atoms with Crippen molar-refractivity contribution in [2.24, 2.45) is 0 Å². The molecule has 25 heavy (non-hydrogen) atoms. The van der Waals surface area contributed by atoms with E-state index in [9.17, 15) is 9.59 Å². The Bertz CT molecular complexity index is 519. The number of hydrogen-bond donors (Lipinski definition) is 1. The Morgan fingerprint density at radius 1 is 0.960 bits per heavy atom. The fourth-order valence-corrected chi connectivity index (χ4v) is 2.97. The molecule has 1 heterocycles. The number of benzene rings is 1. The summed E-state index contributed by atoms with van der Waals surface area (Å²) in [6, 6.07) is 9.76. The van der Waals surface area contributed by atoms with Crippen LogP contribution >= 0.6 is 0 Å². The molecule has 0 spiro atoms. The highest BCUT2D eigenvalue weighted by Gasteiger charge is 2.15. The summed E-state index contributed by atoms with van der Waals surface area (Å²) in [6.07, 6.45) is 7.22. The van der Waals surface area contributed by atoms with E-state index < -0.39 is 0 Å². The molecule has 0 aromatic heterocycles. The molecule has 0 saturated carbocycles. The highest BCUT2D eigenvalue weighted by molar-refractivity contribution is 5.75. The highest BCUT2D eigenvalue weighted by Crippen LogP contribution is 2.09. The number of hydrogen-bond acceptors (Lipinski definition) is 3. The molecular weight excluding hydrogens is 316 g/mol. The number of carbonyl (C=O) groups is 2. The largest absolute Gasteiger partial charge is 0.445 e. The van der Waals surface area contributed by atoms with Crippen molar-refractivity contribution < 1.29 is 14.3 Å². The Hall–Kier alpha value is -2.04. The predicted molar refractivity (Wildman–Crippen MR) is 98.1 cm³/mol. The molecule has 1 saturated heterocycles. The molecule has 1 aliphatic rings. The van der Waals surface area contributed by atoms with Gasteiger partial charge >= 0.3 is 6.09 Å². The Labute approximate surface area is 150 Å². The number of rotatable bonds is 2. The SMILES string of the molecule is O=C1CCCCCN(C(=O)OCc2ccccc2)CCCCCCN1. The molecule has 2 amide bonds. The minimum atomic E-state index is -0.228. The van der Waals surface area contributed by atoms with Gasteiger partial charge in [-0.05, 0) is 31.2 Å². The molecule has 5 nitrogen and oxygen atoms in total. The van der Waals surface area contributed by atoms with Crippen LogP contribution in [0.4, 0.5) is 4.79 Å². The topological polar surface area (TPSA) is 58.6 Å². The van der Waals surface area contributed by atoms with E-state index in [1.54, 1.807) is 0 Å². The third-order valence-electron chi connectivity index (χ3n) is 4.47. The standard InChI is InChI=1S/C20H30N2O3/c23-19-13-7-4-10-16-22(15-9-2-1-8-14-21-19)20(24)25-17-18-11-5-3-6-12-18/h3,5-6,11-12H,1-2,4,7-10,13-17H2,(H,21,23).